The molecule has 2 rings (SSSR count). The zero-order valence-electron chi connectivity index (χ0n) is 8.09. The van der Waals surface area contributed by atoms with Crippen LogP contribution in [0.5, 0.6) is 0 Å². The fourth-order valence-electron chi connectivity index (χ4n) is 1.06. The number of nitrogens with one attached hydrogen (secondary N) is 1. The van der Waals surface area contributed by atoms with Crippen molar-refractivity contribution >= 4 is 23.2 Å². The Bertz CT molecular complexity index is 486. The van der Waals surface area contributed by atoms with E-state index in [1.54, 1.807) is 24.5 Å². The highest BCUT2D eigenvalue weighted by Crippen LogP contribution is 2.06. The fraction of sp³-hybridized carbons (Fsp3) is 0. The minimum absolute atomic E-state index is 0.202. The third-order valence-electron chi connectivity index (χ3n) is 1.77. The van der Waals surface area contributed by atoms with Gasteiger partial charge in [0.1, 0.15) is 10.8 Å². The van der Waals surface area contributed by atoms with E-state index in [0.29, 0.717) is 5.69 Å². The second-order valence-electron chi connectivity index (χ2n) is 2.92. The van der Waals surface area contributed by atoms with Gasteiger partial charge in [-0.15, -0.1) is 0 Å². The Hall–Kier alpha value is -2.01. The van der Waals surface area contributed by atoms with Gasteiger partial charge in [-0.3, -0.25) is 9.78 Å². The largest absolute Gasteiger partial charge is 0.319 e. The molecule has 0 radical (unpaired) electrons. The van der Waals surface area contributed by atoms with Crippen LogP contribution in [-0.4, -0.2) is 20.9 Å². The predicted octanol–water partition coefficient (Wildman–Crippen LogP) is 1.78. The van der Waals surface area contributed by atoms with Gasteiger partial charge in [-0.05, 0) is 12.1 Å². The summed E-state index contributed by atoms with van der Waals surface area (Å²) in [6, 6.07) is 3.46. The van der Waals surface area contributed by atoms with Crippen LogP contribution in [0.25, 0.3) is 0 Å². The maximum atomic E-state index is 11.6. The Balaban J connectivity index is 2.12. The van der Waals surface area contributed by atoms with Crippen LogP contribution in [0.4, 0.5) is 5.69 Å². The van der Waals surface area contributed by atoms with E-state index in [9.17, 15) is 4.79 Å². The number of carbonyl (C=O) groups is 1. The Morgan fingerprint density at radius 3 is 2.75 bits per heavy atom. The quantitative estimate of drug-likeness (QED) is 0.860. The van der Waals surface area contributed by atoms with Crippen LogP contribution < -0.4 is 5.32 Å². The molecule has 1 amide bonds. The van der Waals surface area contributed by atoms with Gasteiger partial charge < -0.3 is 5.32 Å². The monoisotopic (exact) mass is 234 g/mol. The molecule has 2 aromatic heterocycles. The van der Waals surface area contributed by atoms with Crippen LogP contribution in [-0.2, 0) is 0 Å². The van der Waals surface area contributed by atoms with Crippen LogP contribution in [0, 0.1) is 0 Å². The van der Waals surface area contributed by atoms with E-state index in [0.717, 1.165) is 0 Å². The van der Waals surface area contributed by atoms with Gasteiger partial charge in [0.15, 0.2) is 0 Å². The van der Waals surface area contributed by atoms with Crippen LogP contribution in [0.2, 0.25) is 5.15 Å². The van der Waals surface area contributed by atoms with Crippen molar-refractivity contribution in [2.24, 2.45) is 0 Å². The Labute approximate surface area is 96.5 Å². The molecule has 0 saturated heterocycles. The lowest BCUT2D eigenvalue weighted by Gasteiger charge is -2.02. The predicted molar refractivity (Wildman–Crippen MR) is 59.2 cm³/mol. The average molecular weight is 235 g/mol. The third kappa shape index (κ3) is 2.52. The number of hydrogen-bond donors (Lipinski definition) is 1. The molecule has 0 aliphatic heterocycles. The molecule has 0 spiro atoms. The van der Waals surface area contributed by atoms with Crippen LogP contribution >= 0.6 is 11.6 Å². The number of hydrogen-bond acceptors (Lipinski definition) is 4. The van der Waals surface area contributed by atoms with E-state index in [-0.39, 0.29) is 16.8 Å². The lowest BCUT2D eigenvalue weighted by Crippen LogP contribution is -2.13. The minimum atomic E-state index is -0.350. The number of aromatic nitrogens is 3. The first kappa shape index (κ1) is 10.5. The molecular weight excluding hydrogens is 228 g/mol. The molecule has 0 aromatic carbocycles. The Kier molecular flexibility index (Phi) is 3.07. The van der Waals surface area contributed by atoms with Gasteiger partial charge in [-0.25, -0.2) is 9.97 Å². The second kappa shape index (κ2) is 4.67. The highest BCUT2D eigenvalue weighted by atomic mass is 35.5. The first-order valence-corrected chi connectivity index (χ1v) is 4.82. The van der Waals surface area contributed by atoms with Crippen molar-refractivity contribution < 1.29 is 4.79 Å². The highest BCUT2D eigenvalue weighted by molar-refractivity contribution is 6.29. The summed E-state index contributed by atoms with van der Waals surface area (Å²) in [6.45, 7) is 0. The number of anilines is 1. The van der Waals surface area contributed by atoms with Crippen molar-refractivity contribution in [1.82, 2.24) is 15.0 Å². The maximum absolute atomic E-state index is 11.6. The molecule has 0 atom stereocenters. The summed E-state index contributed by atoms with van der Waals surface area (Å²) >= 11 is 5.56. The maximum Gasteiger partial charge on any atom is 0.275 e. The summed E-state index contributed by atoms with van der Waals surface area (Å²) < 4.78 is 0. The zero-order chi connectivity index (χ0) is 11.4. The number of pyridine rings is 1. The smallest absolute Gasteiger partial charge is 0.275 e. The van der Waals surface area contributed by atoms with Crippen molar-refractivity contribution in [2.75, 3.05) is 5.32 Å². The third-order valence-corrected chi connectivity index (χ3v) is 1.97. The zero-order valence-corrected chi connectivity index (χ0v) is 8.85. The Morgan fingerprint density at radius 2 is 2.12 bits per heavy atom. The molecule has 0 aliphatic rings. The number of rotatable bonds is 2. The molecule has 0 bridgehead atoms. The molecule has 80 valence electrons. The van der Waals surface area contributed by atoms with Gasteiger partial charge in [0.2, 0.25) is 0 Å². The summed E-state index contributed by atoms with van der Waals surface area (Å²) in [7, 11) is 0. The molecular formula is C10H7ClN4O. The summed E-state index contributed by atoms with van der Waals surface area (Å²) in [6.07, 6.45) is 5.80. The lowest BCUT2D eigenvalue weighted by atomic mass is 10.3. The van der Waals surface area contributed by atoms with Gasteiger partial charge in [0.25, 0.3) is 5.91 Å². The van der Waals surface area contributed by atoms with E-state index < -0.39 is 0 Å². The first-order valence-electron chi connectivity index (χ1n) is 4.44. The van der Waals surface area contributed by atoms with E-state index in [2.05, 4.69) is 20.3 Å². The standard InChI is InChI=1S/C10H7ClN4O/c11-9-6-13-8(5-14-9)10(16)15-7-2-1-3-12-4-7/h1-6H,(H,15,16). The normalized spacial score (nSPS) is 9.81. The molecule has 0 unspecified atom stereocenters. The first-order chi connectivity index (χ1) is 7.75. The van der Waals surface area contributed by atoms with Crippen molar-refractivity contribution in [2.45, 2.75) is 0 Å². The number of nitrogens with zero attached hydrogens (tertiary/aromatic N) is 3. The van der Waals surface area contributed by atoms with Gasteiger partial charge >= 0.3 is 0 Å². The van der Waals surface area contributed by atoms with Crippen molar-refractivity contribution in [1.29, 1.82) is 0 Å². The van der Waals surface area contributed by atoms with E-state index in [1.165, 1.54) is 12.4 Å². The van der Waals surface area contributed by atoms with Gasteiger partial charge in [-0.1, -0.05) is 11.6 Å². The fourth-order valence-corrected chi connectivity index (χ4v) is 1.16. The molecule has 0 saturated carbocycles. The summed E-state index contributed by atoms with van der Waals surface area (Å²) in [5.41, 5.74) is 0.803. The summed E-state index contributed by atoms with van der Waals surface area (Å²) in [4.78, 5) is 23.1. The molecule has 0 fully saturated rings. The molecule has 2 aromatic rings. The molecule has 16 heavy (non-hydrogen) atoms. The second-order valence-corrected chi connectivity index (χ2v) is 3.31. The van der Waals surface area contributed by atoms with Gasteiger partial charge in [0.05, 0.1) is 24.3 Å². The lowest BCUT2D eigenvalue weighted by molar-refractivity contribution is 0.102. The SMILES string of the molecule is O=C(Nc1cccnc1)c1cnc(Cl)cn1. The highest BCUT2D eigenvalue weighted by Gasteiger charge is 2.07. The van der Waals surface area contributed by atoms with Crippen molar-refractivity contribution in [3.8, 4) is 0 Å². The van der Waals surface area contributed by atoms with Crippen LogP contribution in [0.15, 0.2) is 36.9 Å². The molecule has 1 N–H and O–H groups in total. The molecule has 2 heterocycles. The van der Waals surface area contributed by atoms with E-state index >= 15 is 0 Å². The molecule has 0 aliphatic carbocycles. The average Bonchev–Trinajstić information content (AvgIpc) is 2.31. The van der Waals surface area contributed by atoms with E-state index in [1.807, 2.05) is 0 Å². The number of amides is 1. The number of carbonyl (C=O) groups excluding carboxylic acids is 1. The topological polar surface area (TPSA) is 67.8 Å². The van der Waals surface area contributed by atoms with E-state index in [4.69, 9.17) is 11.6 Å². The van der Waals surface area contributed by atoms with Gasteiger partial charge in [-0.2, -0.15) is 0 Å². The van der Waals surface area contributed by atoms with Crippen molar-refractivity contribution in [3.05, 3.63) is 47.8 Å². The number of halogens is 1. The molecule has 6 heteroatoms. The van der Waals surface area contributed by atoms with Crippen LogP contribution in [0.1, 0.15) is 10.5 Å². The molecule has 5 nitrogen and oxygen atoms in total. The van der Waals surface area contributed by atoms with Crippen molar-refractivity contribution in [3.63, 3.8) is 0 Å². The minimum Gasteiger partial charge on any atom is -0.319 e. The van der Waals surface area contributed by atoms with Crippen LogP contribution in [0.3, 0.4) is 0 Å². The van der Waals surface area contributed by atoms with Gasteiger partial charge in [0, 0.05) is 6.20 Å². The summed E-state index contributed by atoms with van der Waals surface area (Å²) in [5.74, 6) is -0.350. The Morgan fingerprint density at radius 1 is 1.25 bits per heavy atom. The summed E-state index contributed by atoms with van der Waals surface area (Å²) in [5, 5.41) is 2.88.